The topological polar surface area (TPSA) is 64.3 Å². The first-order valence-electron chi connectivity index (χ1n) is 3.74. The molecule has 0 aliphatic carbocycles. The molecule has 0 saturated carbocycles. The Kier molecular flexibility index (Phi) is 1.58. The Labute approximate surface area is 70.1 Å². The molecule has 0 amide bonds. The summed E-state index contributed by atoms with van der Waals surface area (Å²) in [7, 11) is 1.75. The highest BCUT2D eigenvalue weighted by atomic mass is 16.5. The smallest absolute Gasteiger partial charge is 0.221 e. The molecule has 0 spiro atoms. The lowest BCUT2D eigenvalue weighted by Gasteiger charge is -2.12. The van der Waals surface area contributed by atoms with Crippen molar-refractivity contribution in [1.29, 1.82) is 0 Å². The molecule has 5 heteroatoms. The van der Waals surface area contributed by atoms with Crippen LogP contribution in [0, 0.1) is 0 Å². The Morgan fingerprint density at radius 3 is 3.17 bits per heavy atom. The van der Waals surface area contributed by atoms with Crippen molar-refractivity contribution < 1.29 is 4.74 Å². The molecule has 0 bridgehead atoms. The maximum Gasteiger partial charge on any atom is 0.221 e. The molecule has 0 atom stereocenters. The van der Waals surface area contributed by atoms with E-state index in [1.165, 1.54) is 11.3 Å². The third kappa shape index (κ3) is 0.984. The van der Waals surface area contributed by atoms with Crippen molar-refractivity contribution in [3.8, 4) is 5.88 Å². The van der Waals surface area contributed by atoms with Crippen LogP contribution < -0.4 is 15.6 Å². The first kappa shape index (κ1) is 7.30. The van der Waals surface area contributed by atoms with Crippen LogP contribution >= 0.6 is 0 Å². The summed E-state index contributed by atoms with van der Waals surface area (Å²) >= 11 is 0. The SMILES string of the molecule is CN(N)c1ncnc2c1CCO2. The van der Waals surface area contributed by atoms with Gasteiger partial charge in [-0.2, -0.15) is 0 Å². The molecular weight excluding hydrogens is 156 g/mol. The highest BCUT2D eigenvalue weighted by Crippen LogP contribution is 2.27. The number of aromatic nitrogens is 2. The van der Waals surface area contributed by atoms with Gasteiger partial charge in [-0.3, -0.25) is 5.01 Å². The quantitative estimate of drug-likeness (QED) is 0.459. The predicted octanol–water partition coefficient (Wildman–Crippen LogP) is -0.279. The van der Waals surface area contributed by atoms with Crippen LogP contribution in [0.4, 0.5) is 5.82 Å². The Hall–Kier alpha value is -1.36. The number of hydrazine groups is 1. The van der Waals surface area contributed by atoms with Crippen LogP contribution in [-0.4, -0.2) is 23.6 Å². The monoisotopic (exact) mass is 166 g/mol. The van der Waals surface area contributed by atoms with Gasteiger partial charge in [0.15, 0.2) is 5.82 Å². The van der Waals surface area contributed by atoms with Gasteiger partial charge >= 0.3 is 0 Å². The molecule has 1 aromatic heterocycles. The van der Waals surface area contributed by atoms with E-state index in [0.717, 1.165) is 17.8 Å². The Bertz CT molecular complexity index is 299. The second-order valence-electron chi connectivity index (χ2n) is 2.69. The third-order valence-electron chi connectivity index (χ3n) is 1.81. The van der Waals surface area contributed by atoms with Gasteiger partial charge in [-0.25, -0.2) is 15.8 Å². The normalized spacial score (nSPS) is 13.8. The lowest BCUT2D eigenvalue weighted by Crippen LogP contribution is -2.27. The predicted molar refractivity (Wildman–Crippen MR) is 43.8 cm³/mol. The molecule has 0 unspecified atom stereocenters. The van der Waals surface area contributed by atoms with E-state index in [4.69, 9.17) is 10.6 Å². The number of hydrogen-bond acceptors (Lipinski definition) is 5. The zero-order chi connectivity index (χ0) is 8.55. The summed E-state index contributed by atoms with van der Waals surface area (Å²) in [5.41, 5.74) is 1.00. The van der Waals surface area contributed by atoms with E-state index in [-0.39, 0.29) is 0 Å². The van der Waals surface area contributed by atoms with E-state index in [2.05, 4.69) is 9.97 Å². The van der Waals surface area contributed by atoms with Crippen molar-refractivity contribution in [3.05, 3.63) is 11.9 Å². The number of nitrogens with zero attached hydrogens (tertiary/aromatic N) is 3. The second kappa shape index (κ2) is 2.60. The number of hydrogen-bond donors (Lipinski definition) is 1. The van der Waals surface area contributed by atoms with Gasteiger partial charge in [0.05, 0.1) is 12.2 Å². The first-order chi connectivity index (χ1) is 5.79. The summed E-state index contributed by atoms with van der Waals surface area (Å²) in [5, 5.41) is 1.48. The fourth-order valence-electron chi connectivity index (χ4n) is 1.28. The molecular formula is C7H10N4O. The van der Waals surface area contributed by atoms with E-state index in [9.17, 15) is 0 Å². The lowest BCUT2D eigenvalue weighted by atomic mass is 10.2. The zero-order valence-corrected chi connectivity index (χ0v) is 6.82. The van der Waals surface area contributed by atoms with Crippen molar-refractivity contribution in [1.82, 2.24) is 9.97 Å². The average Bonchev–Trinajstić information content (AvgIpc) is 2.49. The lowest BCUT2D eigenvalue weighted by molar-refractivity contribution is 0.344. The molecule has 2 heterocycles. The molecule has 0 radical (unpaired) electrons. The van der Waals surface area contributed by atoms with Gasteiger partial charge in [-0.15, -0.1) is 0 Å². The molecule has 2 N–H and O–H groups in total. The van der Waals surface area contributed by atoms with Crippen LogP contribution in [0.5, 0.6) is 5.88 Å². The van der Waals surface area contributed by atoms with E-state index in [1.54, 1.807) is 7.05 Å². The largest absolute Gasteiger partial charge is 0.477 e. The minimum absolute atomic E-state index is 0.664. The number of fused-ring (bicyclic) bond motifs is 1. The van der Waals surface area contributed by atoms with Crippen molar-refractivity contribution >= 4 is 5.82 Å². The molecule has 64 valence electrons. The number of ether oxygens (including phenoxy) is 1. The first-order valence-corrected chi connectivity index (χ1v) is 3.74. The van der Waals surface area contributed by atoms with Crippen LogP contribution in [0.1, 0.15) is 5.56 Å². The van der Waals surface area contributed by atoms with Crippen molar-refractivity contribution in [2.24, 2.45) is 5.84 Å². The van der Waals surface area contributed by atoms with Crippen LogP contribution in [0.15, 0.2) is 6.33 Å². The molecule has 5 nitrogen and oxygen atoms in total. The summed E-state index contributed by atoms with van der Waals surface area (Å²) in [4.78, 5) is 8.05. The number of anilines is 1. The van der Waals surface area contributed by atoms with Crippen LogP contribution in [0.25, 0.3) is 0 Å². The molecule has 1 aromatic rings. The van der Waals surface area contributed by atoms with Crippen LogP contribution in [-0.2, 0) is 6.42 Å². The zero-order valence-electron chi connectivity index (χ0n) is 6.82. The van der Waals surface area contributed by atoms with Gasteiger partial charge < -0.3 is 4.74 Å². The maximum atomic E-state index is 5.57. The Morgan fingerprint density at radius 1 is 1.58 bits per heavy atom. The number of nitrogens with two attached hydrogens (primary N) is 1. The molecule has 1 aliphatic rings. The third-order valence-corrected chi connectivity index (χ3v) is 1.81. The van der Waals surface area contributed by atoms with E-state index < -0.39 is 0 Å². The van der Waals surface area contributed by atoms with E-state index in [0.29, 0.717) is 12.5 Å². The maximum absolute atomic E-state index is 5.57. The second-order valence-corrected chi connectivity index (χ2v) is 2.69. The fraction of sp³-hybridized carbons (Fsp3) is 0.429. The summed E-state index contributed by atoms with van der Waals surface area (Å²) in [6, 6.07) is 0. The highest BCUT2D eigenvalue weighted by Gasteiger charge is 2.19. The number of rotatable bonds is 1. The highest BCUT2D eigenvalue weighted by molar-refractivity contribution is 5.50. The minimum Gasteiger partial charge on any atom is -0.477 e. The summed E-state index contributed by atoms with van der Waals surface area (Å²) in [6.45, 7) is 0.675. The fourth-order valence-corrected chi connectivity index (χ4v) is 1.28. The van der Waals surface area contributed by atoms with Gasteiger partial charge in [-0.05, 0) is 0 Å². The summed E-state index contributed by atoms with van der Waals surface area (Å²) < 4.78 is 5.26. The van der Waals surface area contributed by atoms with E-state index in [1.807, 2.05) is 0 Å². The van der Waals surface area contributed by atoms with Gasteiger partial charge in [0.2, 0.25) is 5.88 Å². The Morgan fingerprint density at radius 2 is 2.42 bits per heavy atom. The molecule has 2 rings (SSSR count). The van der Waals surface area contributed by atoms with Crippen LogP contribution in [0.2, 0.25) is 0 Å². The van der Waals surface area contributed by atoms with Crippen molar-refractivity contribution in [2.45, 2.75) is 6.42 Å². The van der Waals surface area contributed by atoms with E-state index >= 15 is 0 Å². The van der Waals surface area contributed by atoms with Gasteiger partial charge in [0, 0.05) is 13.5 Å². The van der Waals surface area contributed by atoms with Crippen LogP contribution in [0.3, 0.4) is 0 Å². The van der Waals surface area contributed by atoms with Crippen molar-refractivity contribution in [2.75, 3.05) is 18.7 Å². The van der Waals surface area contributed by atoms with Crippen molar-refractivity contribution in [3.63, 3.8) is 0 Å². The molecule has 12 heavy (non-hydrogen) atoms. The van der Waals surface area contributed by atoms with Gasteiger partial charge in [-0.1, -0.05) is 0 Å². The van der Waals surface area contributed by atoms with Gasteiger partial charge in [0.25, 0.3) is 0 Å². The van der Waals surface area contributed by atoms with Gasteiger partial charge in [0.1, 0.15) is 6.33 Å². The average molecular weight is 166 g/mol. The summed E-state index contributed by atoms with van der Waals surface area (Å²) in [5.74, 6) is 6.99. The Balaban J connectivity index is 2.49. The molecule has 0 fully saturated rings. The standard InChI is InChI=1S/C7H10N4O/c1-11(8)6-5-2-3-12-7(5)10-4-9-6/h4H,2-3,8H2,1H3. The molecule has 1 aliphatic heterocycles. The molecule has 0 saturated heterocycles. The minimum atomic E-state index is 0.664. The summed E-state index contributed by atoms with van der Waals surface area (Å²) in [6.07, 6.45) is 2.30. The molecule has 0 aromatic carbocycles.